The van der Waals surface area contributed by atoms with E-state index in [1.807, 2.05) is 18.2 Å². The quantitative estimate of drug-likeness (QED) is 0.758. The molecule has 1 N–H and O–H groups in total. The van der Waals surface area contributed by atoms with Crippen LogP contribution >= 0.6 is 11.6 Å². The van der Waals surface area contributed by atoms with Gasteiger partial charge in [0, 0.05) is 24.5 Å². The average molecular weight is 229 g/mol. The number of hydrogen-bond acceptors (Lipinski definition) is 3. The Morgan fingerprint density at radius 2 is 2.33 bits per heavy atom. The fraction of sp³-hybridized carbons (Fsp3) is 0.545. The smallest absolute Gasteiger partial charge is 0.213 e. The third-order valence-corrected chi connectivity index (χ3v) is 2.38. The number of rotatable bonds is 6. The van der Waals surface area contributed by atoms with Crippen molar-refractivity contribution in [3.63, 3.8) is 0 Å². The lowest BCUT2D eigenvalue weighted by Gasteiger charge is -2.11. The summed E-state index contributed by atoms with van der Waals surface area (Å²) in [5, 5.41) is 3.35. The molecule has 0 saturated heterocycles. The summed E-state index contributed by atoms with van der Waals surface area (Å²) in [6.07, 6.45) is 0.964. The van der Waals surface area contributed by atoms with Gasteiger partial charge >= 0.3 is 0 Å². The molecule has 0 aliphatic heterocycles. The summed E-state index contributed by atoms with van der Waals surface area (Å²) in [7, 11) is 1.62. The van der Waals surface area contributed by atoms with Gasteiger partial charge in [0.05, 0.1) is 12.8 Å². The summed E-state index contributed by atoms with van der Waals surface area (Å²) < 4.78 is 5.05. The van der Waals surface area contributed by atoms with Gasteiger partial charge in [-0.25, -0.2) is 4.98 Å². The molecular weight excluding hydrogens is 212 g/mol. The Kier molecular flexibility index (Phi) is 5.43. The zero-order valence-electron chi connectivity index (χ0n) is 9.16. The van der Waals surface area contributed by atoms with Gasteiger partial charge in [-0.05, 0) is 19.4 Å². The van der Waals surface area contributed by atoms with Crippen LogP contribution in [-0.2, 0) is 6.54 Å². The Morgan fingerprint density at radius 3 is 3.00 bits per heavy atom. The highest BCUT2D eigenvalue weighted by atomic mass is 35.5. The van der Waals surface area contributed by atoms with Crippen LogP contribution in [0.5, 0.6) is 5.88 Å². The number of aromatic nitrogens is 1. The maximum Gasteiger partial charge on any atom is 0.213 e. The Bertz CT molecular complexity index is 294. The monoisotopic (exact) mass is 228 g/mol. The molecule has 0 aliphatic carbocycles. The fourth-order valence-electron chi connectivity index (χ4n) is 1.21. The van der Waals surface area contributed by atoms with Crippen LogP contribution in [0.3, 0.4) is 0 Å². The molecule has 1 heterocycles. The first-order valence-electron chi connectivity index (χ1n) is 5.05. The maximum atomic E-state index is 5.65. The van der Waals surface area contributed by atoms with E-state index in [1.165, 1.54) is 0 Å². The summed E-state index contributed by atoms with van der Waals surface area (Å²) in [5.74, 6) is 1.33. The van der Waals surface area contributed by atoms with Gasteiger partial charge in [-0.15, -0.1) is 11.6 Å². The third-order valence-electron chi connectivity index (χ3n) is 2.16. The first kappa shape index (κ1) is 12.3. The summed E-state index contributed by atoms with van der Waals surface area (Å²) >= 11 is 5.65. The Labute approximate surface area is 95.8 Å². The van der Waals surface area contributed by atoms with Crippen molar-refractivity contribution in [1.29, 1.82) is 0 Å². The van der Waals surface area contributed by atoms with Gasteiger partial charge in [0.15, 0.2) is 0 Å². The van der Waals surface area contributed by atoms with Gasteiger partial charge in [0.2, 0.25) is 5.88 Å². The number of methoxy groups -OCH3 is 1. The molecule has 84 valence electrons. The summed E-state index contributed by atoms with van der Waals surface area (Å²) in [4.78, 5) is 4.31. The van der Waals surface area contributed by atoms with E-state index in [0.717, 1.165) is 18.7 Å². The van der Waals surface area contributed by atoms with Crippen LogP contribution in [0.2, 0.25) is 0 Å². The number of nitrogens with one attached hydrogen (secondary N) is 1. The Morgan fingerprint density at radius 1 is 1.53 bits per heavy atom. The van der Waals surface area contributed by atoms with Crippen molar-refractivity contribution < 1.29 is 4.74 Å². The molecule has 0 spiro atoms. The molecule has 0 radical (unpaired) electrons. The van der Waals surface area contributed by atoms with E-state index >= 15 is 0 Å². The van der Waals surface area contributed by atoms with Gasteiger partial charge in [-0.3, -0.25) is 0 Å². The van der Waals surface area contributed by atoms with Crippen molar-refractivity contribution in [3.8, 4) is 5.88 Å². The third kappa shape index (κ3) is 4.49. The molecule has 0 bridgehead atoms. The number of nitrogens with zero attached hydrogens (tertiary/aromatic N) is 1. The minimum Gasteiger partial charge on any atom is -0.481 e. The molecule has 15 heavy (non-hydrogen) atoms. The number of ether oxygens (including phenoxy) is 1. The normalized spacial score (nSPS) is 12.5. The van der Waals surface area contributed by atoms with Crippen LogP contribution in [0, 0.1) is 0 Å². The first-order chi connectivity index (χ1) is 7.26. The molecule has 4 heteroatoms. The fourth-order valence-corrected chi connectivity index (χ4v) is 1.54. The standard InChI is InChI=1S/C11H17ClN2O/c1-9(6-7-12)13-8-10-4-3-5-11(14-10)15-2/h3-5,9,13H,6-8H2,1-2H3. The van der Waals surface area contributed by atoms with E-state index in [2.05, 4.69) is 17.2 Å². The van der Waals surface area contributed by atoms with Crippen LogP contribution in [0.4, 0.5) is 0 Å². The first-order valence-corrected chi connectivity index (χ1v) is 5.59. The van der Waals surface area contributed by atoms with Gasteiger partial charge in [-0.2, -0.15) is 0 Å². The van der Waals surface area contributed by atoms with Gasteiger partial charge in [0.1, 0.15) is 0 Å². The molecule has 1 rings (SSSR count). The highest BCUT2D eigenvalue weighted by molar-refractivity contribution is 6.17. The van der Waals surface area contributed by atoms with E-state index in [1.54, 1.807) is 7.11 Å². The molecule has 1 atom stereocenters. The SMILES string of the molecule is COc1cccc(CNC(C)CCCl)n1. The minimum atomic E-state index is 0.413. The minimum absolute atomic E-state index is 0.413. The summed E-state index contributed by atoms with van der Waals surface area (Å²) in [6.45, 7) is 2.86. The molecule has 0 aromatic carbocycles. The van der Waals surface area contributed by atoms with Crippen molar-refractivity contribution in [3.05, 3.63) is 23.9 Å². The number of halogens is 1. The second-order valence-corrected chi connectivity index (χ2v) is 3.81. The largest absolute Gasteiger partial charge is 0.481 e. The Hall–Kier alpha value is -0.800. The number of alkyl halides is 1. The van der Waals surface area contributed by atoms with E-state index in [-0.39, 0.29) is 0 Å². The average Bonchev–Trinajstić information content (AvgIpc) is 2.27. The van der Waals surface area contributed by atoms with Crippen molar-refractivity contribution in [1.82, 2.24) is 10.3 Å². The van der Waals surface area contributed by atoms with E-state index in [4.69, 9.17) is 16.3 Å². The molecule has 3 nitrogen and oxygen atoms in total. The predicted molar refractivity (Wildman–Crippen MR) is 62.4 cm³/mol. The predicted octanol–water partition coefficient (Wildman–Crippen LogP) is 2.20. The van der Waals surface area contributed by atoms with Crippen LogP contribution in [0.15, 0.2) is 18.2 Å². The van der Waals surface area contributed by atoms with Crippen molar-refractivity contribution in [2.24, 2.45) is 0 Å². The molecule has 0 amide bonds. The Balaban J connectivity index is 2.43. The highest BCUT2D eigenvalue weighted by Gasteiger charge is 2.01. The van der Waals surface area contributed by atoms with Crippen LogP contribution in [0.1, 0.15) is 19.0 Å². The van der Waals surface area contributed by atoms with Gasteiger partial charge in [0.25, 0.3) is 0 Å². The summed E-state index contributed by atoms with van der Waals surface area (Å²) in [6, 6.07) is 6.17. The van der Waals surface area contributed by atoms with Crippen LogP contribution in [-0.4, -0.2) is 24.0 Å². The van der Waals surface area contributed by atoms with E-state index < -0.39 is 0 Å². The zero-order chi connectivity index (χ0) is 11.1. The van der Waals surface area contributed by atoms with Crippen LogP contribution < -0.4 is 10.1 Å². The van der Waals surface area contributed by atoms with E-state index in [0.29, 0.717) is 17.8 Å². The molecule has 1 aromatic rings. The zero-order valence-corrected chi connectivity index (χ0v) is 9.92. The lowest BCUT2D eigenvalue weighted by atomic mass is 10.2. The van der Waals surface area contributed by atoms with Crippen molar-refractivity contribution >= 4 is 11.6 Å². The maximum absolute atomic E-state index is 5.65. The molecular formula is C11H17ClN2O. The van der Waals surface area contributed by atoms with E-state index in [9.17, 15) is 0 Å². The lowest BCUT2D eigenvalue weighted by Crippen LogP contribution is -2.26. The molecule has 0 fully saturated rings. The van der Waals surface area contributed by atoms with Crippen molar-refractivity contribution in [2.75, 3.05) is 13.0 Å². The highest BCUT2D eigenvalue weighted by Crippen LogP contribution is 2.06. The summed E-state index contributed by atoms with van der Waals surface area (Å²) in [5.41, 5.74) is 0.982. The lowest BCUT2D eigenvalue weighted by molar-refractivity contribution is 0.395. The molecule has 0 aliphatic rings. The second-order valence-electron chi connectivity index (χ2n) is 3.43. The second kappa shape index (κ2) is 6.64. The molecule has 1 aromatic heterocycles. The topological polar surface area (TPSA) is 34.1 Å². The number of hydrogen-bond donors (Lipinski definition) is 1. The molecule has 1 unspecified atom stereocenters. The van der Waals surface area contributed by atoms with Gasteiger partial charge in [-0.1, -0.05) is 6.07 Å². The van der Waals surface area contributed by atoms with Gasteiger partial charge < -0.3 is 10.1 Å². The number of pyridine rings is 1. The molecule has 0 saturated carbocycles. The van der Waals surface area contributed by atoms with Crippen LogP contribution in [0.25, 0.3) is 0 Å². The van der Waals surface area contributed by atoms with Crippen molar-refractivity contribution in [2.45, 2.75) is 25.9 Å².